The van der Waals surface area contributed by atoms with Crippen LogP contribution in [-0.4, -0.2) is 75.1 Å². The Bertz CT molecular complexity index is 1700. The van der Waals surface area contributed by atoms with E-state index in [0.29, 0.717) is 52.2 Å². The van der Waals surface area contributed by atoms with Crippen LogP contribution in [0.1, 0.15) is 54.4 Å². The Kier molecular flexibility index (Phi) is 6.43. The Balaban J connectivity index is 1.14. The van der Waals surface area contributed by atoms with Gasteiger partial charge in [0.25, 0.3) is 0 Å². The highest BCUT2D eigenvalue weighted by molar-refractivity contribution is 6.18. The number of hydrogen-bond donors (Lipinski definition) is 4. The van der Waals surface area contributed by atoms with Crippen LogP contribution in [0.25, 0.3) is 11.0 Å². The van der Waals surface area contributed by atoms with Gasteiger partial charge in [-0.15, -0.1) is 0 Å². The molecule has 9 rings (SSSR count). The van der Waals surface area contributed by atoms with Crippen LogP contribution in [-0.2, 0) is 0 Å². The number of halogens is 1. The van der Waals surface area contributed by atoms with Gasteiger partial charge in [-0.2, -0.15) is 9.97 Å². The molecule has 0 spiro atoms. The Morgan fingerprint density at radius 2 is 1.68 bits per heavy atom. The van der Waals surface area contributed by atoms with Crippen molar-refractivity contribution in [2.24, 2.45) is 11.8 Å². The van der Waals surface area contributed by atoms with Crippen molar-refractivity contribution in [3.8, 4) is 0 Å². The van der Waals surface area contributed by atoms with E-state index in [4.69, 9.17) is 9.97 Å². The first-order valence-corrected chi connectivity index (χ1v) is 15.7. The third-order valence-electron chi connectivity index (χ3n) is 10.3. The van der Waals surface area contributed by atoms with Crippen molar-refractivity contribution in [2.45, 2.75) is 49.7 Å². The van der Waals surface area contributed by atoms with E-state index in [1.807, 2.05) is 12.1 Å². The average Bonchev–Trinajstić information content (AvgIpc) is 3.41. The number of ketones is 1. The van der Waals surface area contributed by atoms with Gasteiger partial charge in [0.15, 0.2) is 5.78 Å². The number of hydrogen-bond acceptors (Lipinski definition) is 8. The van der Waals surface area contributed by atoms with Gasteiger partial charge in [-0.1, -0.05) is 0 Å². The molecule has 2 aromatic heterocycles. The molecule has 4 bridgehead atoms. The summed E-state index contributed by atoms with van der Waals surface area (Å²) in [6, 6.07) is 13.9. The lowest BCUT2D eigenvalue weighted by molar-refractivity contribution is -0.127. The summed E-state index contributed by atoms with van der Waals surface area (Å²) in [5.74, 6) is 1.33. The molecule has 4 aliphatic carbocycles. The molecule has 228 valence electrons. The van der Waals surface area contributed by atoms with Gasteiger partial charge in [-0.3, -0.25) is 4.79 Å². The molecule has 9 nitrogen and oxygen atoms in total. The van der Waals surface area contributed by atoms with Gasteiger partial charge in [-0.25, -0.2) is 4.39 Å². The van der Waals surface area contributed by atoms with E-state index in [1.165, 1.54) is 36.4 Å². The summed E-state index contributed by atoms with van der Waals surface area (Å²) < 4.78 is 13.6. The number of anilines is 4. The lowest BCUT2D eigenvalue weighted by Gasteiger charge is -2.60. The number of nitrogens with one attached hydrogen (secondary N) is 3. The normalized spacial score (nSPS) is 28.0. The first-order chi connectivity index (χ1) is 21.2. The summed E-state index contributed by atoms with van der Waals surface area (Å²) in [7, 11) is 2.15. The topological polar surface area (TPSA) is 109 Å². The van der Waals surface area contributed by atoms with Crippen molar-refractivity contribution in [1.82, 2.24) is 19.9 Å². The summed E-state index contributed by atoms with van der Waals surface area (Å²) in [5.41, 5.74) is 2.47. The molecule has 0 amide bonds. The van der Waals surface area contributed by atoms with Crippen molar-refractivity contribution in [2.75, 3.05) is 48.8 Å². The van der Waals surface area contributed by atoms with Crippen LogP contribution in [0.3, 0.4) is 0 Å². The Labute approximate surface area is 255 Å². The third kappa shape index (κ3) is 4.99. The van der Waals surface area contributed by atoms with Gasteiger partial charge in [0, 0.05) is 54.9 Å². The number of H-pyrrole nitrogens is 1. The SMILES string of the molecule is CN1CCN(c2ccc(Nc3nc(NC45CC6CC(CC(O)(C6)C4)C5)c4c(C(=O)c5ccc(F)cc5)c[nH]c4n3)cc2)CC1. The number of carbonyl (C=O) groups excluding carboxylic acids is 1. The first kappa shape index (κ1) is 27.5. The van der Waals surface area contributed by atoms with Crippen LogP contribution < -0.4 is 15.5 Å². The third-order valence-corrected chi connectivity index (χ3v) is 10.3. The van der Waals surface area contributed by atoms with Gasteiger partial charge in [0.1, 0.15) is 17.3 Å². The Hall–Kier alpha value is -4.02. The highest BCUT2D eigenvalue weighted by Crippen LogP contribution is 2.58. The second-order valence-corrected chi connectivity index (χ2v) is 13.7. The standard InChI is InChI=1S/C34H38FN7O2/c1-41-10-12-42(13-11-41)26-8-6-25(7-9-26)37-32-38-30-28(27(19-36-30)29(43)23-2-4-24(35)5-3-23)31(39-32)40-33-15-21-14-22(16-33)18-34(44,17-21)20-33/h2-9,19,21-22,44H,10-18,20H2,1H3,(H3,36,37,38,39,40). The summed E-state index contributed by atoms with van der Waals surface area (Å²) in [5, 5.41) is 19.2. The molecule has 4 saturated carbocycles. The van der Waals surface area contributed by atoms with Crippen LogP contribution in [0.15, 0.2) is 54.7 Å². The van der Waals surface area contributed by atoms with E-state index in [0.717, 1.165) is 57.5 Å². The average molecular weight is 596 g/mol. The molecule has 0 radical (unpaired) electrons. The minimum absolute atomic E-state index is 0.229. The van der Waals surface area contributed by atoms with E-state index in [1.54, 1.807) is 6.20 Å². The van der Waals surface area contributed by atoms with E-state index >= 15 is 0 Å². The number of benzene rings is 2. The maximum Gasteiger partial charge on any atom is 0.231 e. The molecular formula is C34H38FN7O2. The lowest BCUT2D eigenvalue weighted by atomic mass is 9.51. The van der Waals surface area contributed by atoms with Crippen LogP contribution in [0.4, 0.5) is 27.5 Å². The predicted octanol–water partition coefficient (Wildman–Crippen LogP) is 5.32. The first-order valence-electron chi connectivity index (χ1n) is 15.7. The van der Waals surface area contributed by atoms with E-state index in [9.17, 15) is 14.3 Å². The molecule has 2 aromatic carbocycles. The maximum atomic E-state index is 13.7. The number of nitrogens with zero attached hydrogens (tertiary/aromatic N) is 4. The molecule has 4 aromatic rings. The lowest BCUT2D eigenvalue weighted by Crippen LogP contribution is -2.62. The number of rotatable bonds is 7. The van der Waals surface area contributed by atoms with Crippen molar-refractivity contribution >= 4 is 40.0 Å². The van der Waals surface area contributed by atoms with Crippen LogP contribution >= 0.6 is 0 Å². The highest BCUT2D eigenvalue weighted by Gasteiger charge is 2.57. The largest absolute Gasteiger partial charge is 0.390 e. The minimum atomic E-state index is -0.652. The molecule has 2 atom stereocenters. The van der Waals surface area contributed by atoms with Crippen LogP contribution in [0, 0.1) is 17.7 Å². The van der Waals surface area contributed by atoms with Gasteiger partial charge < -0.3 is 30.5 Å². The van der Waals surface area contributed by atoms with Gasteiger partial charge in [0.05, 0.1) is 16.6 Å². The number of fused-ring (bicyclic) bond motifs is 1. The van der Waals surface area contributed by atoms with Gasteiger partial charge in [-0.05, 0) is 106 Å². The molecule has 1 aliphatic heterocycles. The Morgan fingerprint density at radius 1 is 0.977 bits per heavy atom. The van der Waals surface area contributed by atoms with E-state index in [2.05, 4.69) is 44.6 Å². The molecule has 2 unspecified atom stereocenters. The number of aromatic nitrogens is 3. The molecular weight excluding hydrogens is 557 g/mol. The molecule has 5 fully saturated rings. The quantitative estimate of drug-likeness (QED) is 0.213. The highest BCUT2D eigenvalue weighted by atomic mass is 19.1. The number of carbonyl (C=O) groups is 1. The summed E-state index contributed by atoms with van der Waals surface area (Å²) >= 11 is 0. The second kappa shape index (κ2) is 10.3. The zero-order valence-electron chi connectivity index (χ0n) is 24.9. The van der Waals surface area contributed by atoms with Gasteiger partial charge in [0.2, 0.25) is 5.95 Å². The summed E-state index contributed by atoms with van der Waals surface area (Å²) in [4.78, 5) is 31.4. The molecule has 10 heteroatoms. The van der Waals surface area contributed by atoms with Crippen molar-refractivity contribution in [3.05, 3.63) is 71.7 Å². The molecule has 1 saturated heterocycles. The number of likely N-dealkylation sites (N-methyl/N-ethyl adjacent to an activating group) is 1. The molecule has 3 heterocycles. The Morgan fingerprint density at radius 3 is 2.36 bits per heavy atom. The maximum absolute atomic E-state index is 13.7. The number of piperazine rings is 1. The summed E-state index contributed by atoms with van der Waals surface area (Å²) in [6.07, 6.45) is 7.17. The number of aromatic amines is 1. The van der Waals surface area contributed by atoms with Gasteiger partial charge >= 0.3 is 0 Å². The monoisotopic (exact) mass is 595 g/mol. The fourth-order valence-electron chi connectivity index (χ4n) is 8.68. The minimum Gasteiger partial charge on any atom is -0.390 e. The zero-order chi connectivity index (χ0) is 30.1. The zero-order valence-corrected chi connectivity index (χ0v) is 24.9. The van der Waals surface area contributed by atoms with Crippen LogP contribution in [0.5, 0.6) is 0 Å². The smallest absolute Gasteiger partial charge is 0.231 e. The fraction of sp³-hybridized carbons (Fsp3) is 0.441. The summed E-state index contributed by atoms with van der Waals surface area (Å²) in [6.45, 7) is 4.10. The van der Waals surface area contributed by atoms with E-state index in [-0.39, 0.29) is 11.3 Å². The predicted molar refractivity (Wildman–Crippen MR) is 169 cm³/mol. The van der Waals surface area contributed by atoms with Crippen molar-refractivity contribution < 1.29 is 14.3 Å². The molecule has 44 heavy (non-hydrogen) atoms. The molecule has 5 aliphatic rings. The number of aliphatic hydroxyl groups is 1. The fourth-order valence-corrected chi connectivity index (χ4v) is 8.68. The molecule has 4 N–H and O–H groups in total. The second-order valence-electron chi connectivity index (χ2n) is 13.7. The van der Waals surface area contributed by atoms with Crippen molar-refractivity contribution in [3.63, 3.8) is 0 Å². The van der Waals surface area contributed by atoms with E-state index < -0.39 is 11.4 Å². The van der Waals surface area contributed by atoms with Crippen molar-refractivity contribution in [1.29, 1.82) is 0 Å². The van der Waals surface area contributed by atoms with Crippen LogP contribution in [0.2, 0.25) is 0 Å².